The summed E-state index contributed by atoms with van der Waals surface area (Å²) in [5, 5.41) is 0. The van der Waals surface area contributed by atoms with Crippen molar-refractivity contribution in [2.75, 3.05) is 13.7 Å². The van der Waals surface area contributed by atoms with Crippen LogP contribution in [0.15, 0.2) is 12.4 Å². The highest BCUT2D eigenvalue weighted by atomic mass is 16.6. The number of hydrogen-bond acceptors (Lipinski definition) is 5. The lowest BCUT2D eigenvalue weighted by atomic mass is 10.00. The highest BCUT2D eigenvalue weighted by Crippen LogP contribution is 2.36. The van der Waals surface area contributed by atoms with Crippen LogP contribution in [0.25, 0.3) is 0 Å². The molecular weight excluding hydrogens is 284 g/mol. The van der Waals surface area contributed by atoms with Crippen LogP contribution >= 0.6 is 0 Å². The molecule has 2 atom stereocenters. The SMILES string of the molecule is COCCC1CCC(c2nccn2C(=O)OC(C)(C)C)C1=O. The van der Waals surface area contributed by atoms with Crippen molar-refractivity contribution in [3.05, 3.63) is 18.2 Å². The molecule has 1 saturated carbocycles. The number of hydrogen-bond donors (Lipinski definition) is 0. The summed E-state index contributed by atoms with van der Waals surface area (Å²) in [6.45, 7) is 6.00. The second kappa shape index (κ2) is 6.60. The fourth-order valence-electron chi connectivity index (χ4n) is 2.78. The van der Waals surface area contributed by atoms with Crippen molar-refractivity contribution in [3.63, 3.8) is 0 Å². The Balaban J connectivity index is 2.13. The van der Waals surface area contributed by atoms with E-state index in [2.05, 4.69) is 4.98 Å². The van der Waals surface area contributed by atoms with Gasteiger partial charge in [-0.05, 0) is 40.0 Å². The van der Waals surface area contributed by atoms with Gasteiger partial charge in [0.2, 0.25) is 0 Å². The van der Waals surface area contributed by atoms with Gasteiger partial charge < -0.3 is 9.47 Å². The first-order chi connectivity index (χ1) is 10.3. The Hall–Kier alpha value is -1.69. The van der Waals surface area contributed by atoms with E-state index in [1.807, 2.05) is 20.8 Å². The van der Waals surface area contributed by atoms with Gasteiger partial charge in [0, 0.05) is 32.0 Å². The first-order valence-electron chi connectivity index (χ1n) is 7.62. The van der Waals surface area contributed by atoms with Crippen molar-refractivity contribution in [2.24, 2.45) is 5.92 Å². The van der Waals surface area contributed by atoms with E-state index in [0.29, 0.717) is 18.9 Å². The molecule has 6 heteroatoms. The number of ketones is 1. The molecule has 22 heavy (non-hydrogen) atoms. The van der Waals surface area contributed by atoms with Crippen LogP contribution < -0.4 is 0 Å². The Morgan fingerprint density at radius 1 is 1.41 bits per heavy atom. The summed E-state index contributed by atoms with van der Waals surface area (Å²) in [7, 11) is 1.63. The van der Waals surface area contributed by atoms with Gasteiger partial charge in [-0.2, -0.15) is 0 Å². The highest BCUT2D eigenvalue weighted by Gasteiger charge is 2.38. The number of rotatable bonds is 4. The van der Waals surface area contributed by atoms with Crippen molar-refractivity contribution in [1.29, 1.82) is 0 Å². The minimum Gasteiger partial charge on any atom is -0.443 e. The van der Waals surface area contributed by atoms with E-state index in [1.165, 1.54) is 10.8 Å². The third-order valence-corrected chi connectivity index (χ3v) is 3.79. The van der Waals surface area contributed by atoms with Gasteiger partial charge >= 0.3 is 6.09 Å². The summed E-state index contributed by atoms with van der Waals surface area (Å²) < 4.78 is 11.8. The lowest BCUT2D eigenvalue weighted by Gasteiger charge is -2.20. The molecule has 6 nitrogen and oxygen atoms in total. The number of Topliss-reactive ketones (excluding diaryl/α,β-unsaturated/α-hetero) is 1. The molecule has 1 aromatic heterocycles. The molecular formula is C16H24N2O4. The standard InChI is InChI=1S/C16H24N2O4/c1-16(2,3)22-15(20)18-9-8-17-14(18)12-6-5-11(13(12)19)7-10-21-4/h8-9,11-12H,5-7,10H2,1-4H3. The lowest BCUT2D eigenvalue weighted by Crippen LogP contribution is -2.29. The largest absolute Gasteiger partial charge is 0.443 e. The minimum atomic E-state index is -0.584. The van der Waals surface area contributed by atoms with Crippen LogP contribution in [0.4, 0.5) is 4.79 Å². The molecule has 0 radical (unpaired) electrons. The lowest BCUT2D eigenvalue weighted by molar-refractivity contribution is -0.122. The van der Waals surface area contributed by atoms with Gasteiger partial charge in [-0.1, -0.05) is 0 Å². The number of methoxy groups -OCH3 is 1. The molecule has 1 fully saturated rings. The monoisotopic (exact) mass is 308 g/mol. The molecule has 0 saturated heterocycles. The third-order valence-electron chi connectivity index (χ3n) is 3.79. The van der Waals surface area contributed by atoms with Gasteiger partial charge in [0.1, 0.15) is 17.2 Å². The topological polar surface area (TPSA) is 70.4 Å². The fraction of sp³-hybridized carbons (Fsp3) is 0.688. The highest BCUT2D eigenvalue weighted by molar-refractivity contribution is 5.90. The van der Waals surface area contributed by atoms with E-state index in [-0.39, 0.29) is 17.6 Å². The molecule has 0 aliphatic heterocycles. The van der Waals surface area contributed by atoms with Gasteiger partial charge in [0.05, 0.1) is 5.92 Å². The first-order valence-corrected chi connectivity index (χ1v) is 7.62. The molecule has 0 N–H and O–H groups in total. The van der Waals surface area contributed by atoms with Crippen LogP contribution in [-0.4, -0.2) is 40.7 Å². The van der Waals surface area contributed by atoms with Gasteiger partial charge in [-0.15, -0.1) is 0 Å². The number of nitrogens with zero attached hydrogens (tertiary/aromatic N) is 2. The van der Waals surface area contributed by atoms with Crippen molar-refractivity contribution in [3.8, 4) is 0 Å². The predicted molar refractivity (Wildman–Crippen MR) is 80.8 cm³/mol. The Kier molecular flexibility index (Phi) is 5.01. The van der Waals surface area contributed by atoms with E-state index < -0.39 is 11.7 Å². The van der Waals surface area contributed by atoms with Crippen LogP contribution in [0.3, 0.4) is 0 Å². The molecule has 1 aliphatic rings. The summed E-state index contributed by atoms with van der Waals surface area (Å²) in [5.41, 5.74) is -0.584. The zero-order valence-corrected chi connectivity index (χ0v) is 13.7. The predicted octanol–water partition coefficient (Wildman–Crippen LogP) is 2.77. The average Bonchev–Trinajstić information content (AvgIpc) is 3.01. The maximum atomic E-state index is 12.5. The second-order valence-corrected chi connectivity index (χ2v) is 6.65. The Labute approximate surface area is 130 Å². The zero-order chi connectivity index (χ0) is 16.3. The summed E-state index contributed by atoms with van der Waals surface area (Å²) in [4.78, 5) is 29.0. The zero-order valence-electron chi connectivity index (χ0n) is 13.7. The van der Waals surface area contributed by atoms with E-state index in [0.717, 1.165) is 12.8 Å². The quantitative estimate of drug-likeness (QED) is 0.855. The number of ether oxygens (including phenoxy) is 2. The molecule has 1 aromatic rings. The van der Waals surface area contributed by atoms with Gasteiger partial charge in [0.15, 0.2) is 0 Å². The van der Waals surface area contributed by atoms with Crippen molar-refractivity contribution in [2.45, 2.75) is 51.6 Å². The number of carbonyl (C=O) groups is 2. The Bertz CT molecular complexity index is 545. The molecule has 2 unspecified atom stereocenters. The minimum absolute atomic E-state index is 0.00580. The molecule has 0 aromatic carbocycles. The summed E-state index contributed by atoms with van der Waals surface area (Å²) >= 11 is 0. The van der Waals surface area contributed by atoms with Crippen LogP contribution in [-0.2, 0) is 14.3 Å². The summed E-state index contributed by atoms with van der Waals surface area (Å²) in [5.74, 6) is 0.297. The Morgan fingerprint density at radius 3 is 2.77 bits per heavy atom. The second-order valence-electron chi connectivity index (χ2n) is 6.65. The number of carbonyl (C=O) groups excluding carboxylic acids is 2. The first kappa shape index (κ1) is 16.7. The number of imidazole rings is 1. The fourth-order valence-corrected chi connectivity index (χ4v) is 2.78. The van der Waals surface area contributed by atoms with E-state index in [4.69, 9.17) is 9.47 Å². The molecule has 0 spiro atoms. The maximum Gasteiger partial charge on any atom is 0.420 e. The van der Waals surface area contributed by atoms with E-state index in [9.17, 15) is 9.59 Å². The molecule has 0 amide bonds. The Morgan fingerprint density at radius 2 is 2.14 bits per heavy atom. The average molecular weight is 308 g/mol. The smallest absolute Gasteiger partial charge is 0.420 e. The van der Waals surface area contributed by atoms with Crippen LogP contribution in [0, 0.1) is 5.92 Å². The van der Waals surface area contributed by atoms with Crippen LogP contribution in [0.2, 0.25) is 0 Å². The van der Waals surface area contributed by atoms with E-state index >= 15 is 0 Å². The van der Waals surface area contributed by atoms with Crippen LogP contribution in [0.5, 0.6) is 0 Å². The van der Waals surface area contributed by atoms with E-state index in [1.54, 1.807) is 13.3 Å². The molecule has 0 bridgehead atoms. The third kappa shape index (κ3) is 3.74. The summed E-state index contributed by atoms with van der Waals surface area (Å²) in [6.07, 6.45) is 4.85. The van der Waals surface area contributed by atoms with Gasteiger partial charge in [-0.25, -0.2) is 14.3 Å². The normalized spacial score (nSPS) is 22.1. The van der Waals surface area contributed by atoms with Crippen molar-refractivity contribution < 1.29 is 19.1 Å². The molecule has 1 aliphatic carbocycles. The van der Waals surface area contributed by atoms with Crippen LogP contribution in [0.1, 0.15) is 51.8 Å². The maximum absolute atomic E-state index is 12.5. The number of aromatic nitrogens is 2. The molecule has 122 valence electrons. The van der Waals surface area contributed by atoms with Crippen molar-refractivity contribution >= 4 is 11.9 Å². The van der Waals surface area contributed by atoms with Gasteiger partial charge in [-0.3, -0.25) is 4.79 Å². The summed E-state index contributed by atoms with van der Waals surface area (Å²) in [6, 6.07) is 0. The van der Waals surface area contributed by atoms with Gasteiger partial charge in [0.25, 0.3) is 0 Å². The molecule has 1 heterocycles. The van der Waals surface area contributed by atoms with Crippen molar-refractivity contribution in [1.82, 2.24) is 9.55 Å². The molecule has 2 rings (SSSR count).